The van der Waals surface area contributed by atoms with Gasteiger partial charge in [0.25, 0.3) is 0 Å². The number of carbonyl (C=O) groups is 2. The van der Waals surface area contributed by atoms with Crippen LogP contribution in [0.25, 0.3) is 17.2 Å². The zero-order valence-corrected chi connectivity index (χ0v) is 18.6. The molecule has 0 unspecified atom stereocenters. The molecule has 168 valence electrons. The van der Waals surface area contributed by atoms with E-state index in [1.807, 2.05) is 54.6 Å². The molecular formula is C27H18ClNO5. The van der Waals surface area contributed by atoms with Gasteiger partial charge in [-0.25, -0.2) is 0 Å². The van der Waals surface area contributed by atoms with Gasteiger partial charge in [0.2, 0.25) is 5.78 Å². The molecule has 0 spiro atoms. The molecule has 3 aromatic carbocycles. The quantitative estimate of drug-likeness (QED) is 0.191. The van der Waals surface area contributed by atoms with Crippen LogP contribution >= 0.6 is 11.6 Å². The van der Waals surface area contributed by atoms with E-state index in [1.54, 1.807) is 24.3 Å². The topological polar surface area (TPSA) is 78.6 Å². The number of esters is 1. The Morgan fingerprint density at radius 1 is 0.971 bits per heavy atom. The number of rotatable bonds is 6. The molecule has 0 saturated carbocycles. The van der Waals surface area contributed by atoms with Crippen LogP contribution in [0.2, 0.25) is 5.15 Å². The highest BCUT2D eigenvalue weighted by molar-refractivity contribution is 6.29. The molecule has 0 N–H and O–H groups in total. The number of Topliss-reactive ketones (excluding diaryl/α,β-unsaturated/α-hetero) is 1. The van der Waals surface area contributed by atoms with Crippen LogP contribution in [-0.4, -0.2) is 16.9 Å². The number of carbonyl (C=O) groups excluding carboxylic acids is 2. The first kappa shape index (κ1) is 21.7. The number of benzene rings is 3. The second-order valence-electron chi connectivity index (χ2n) is 7.68. The van der Waals surface area contributed by atoms with Crippen LogP contribution in [0.5, 0.6) is 11.5 Å². The summed E-state index contributed by atoms with van der Waals surface area (Å²) in [4.78, 5) is 24.9. The Labute approximate surface area is 200 Å². The van der Waals surface area contributed by atoms with Crippen LogP contribution in [0.15, 0.2) is 89.1 Å². The molecule has 1 aliphatic heterocycles. The lowest BCUT2D eigenvalue weighted by Gasteiger charge is -2.05. The third-order valence-electron chi connectivity index (χ3n) is 5.29. The number of ether oxygens (including phenoxy) is 2. The first-order valence-corrected chi connectivity index (χ1v) is 11.0. The minimum atomic E-state index is -0.453. The minimum Gasteiger partial charge on any atom is -0.452 e. The molecule has 0 bridgehead atoms. The molecule has 5 rings (SSSR count). The van der Waals surface area contributed by atoms with E-state index in [0.29, 0.717) is 29.2 Å². The number of halogens is 1. The average molecular weight is 472 g/mol. The Hall–Kier alpha value is -4.16. The number of aryl methyl sites for hydroxylation is 1. The molecule has 0 atom stereocenters. The number of ketones is 1. The monoisotopic (exact) mass is 471 g/mol. The Kier molecular flexibility index (Phi) is 5.97. The molecule has 6 nitrogen and oxygen atoms in total. The summed E-state index contributed by atoms with van der Waals surface area (Å²) in [6.07, 6.45) is 2.10. The van der Waals surface area contributed by atoms with Crippen LogP contribution in [0.3, 0.4) is 0 Å². The van der Waals surface area contributed by atoms with Crippen LogP contribution in [0.4, 0.5) is 0 Å². The summed E-state index contributed by atoms with van der Waals surface area (Å²) in [6, 6.07) is 24.2. The van der Waals surface area contributed by atoms with E-state index in [0.717, 1.165) is 16.7 Å². The summed E-state index contributed by atoms with van der Waals surface area (Å²) in [5.41, 5.74) is 3.47. The predicted octanol–water partition coefficient (Wildman–Crippen LogP) is 6.15. The van der Waals surface area contributed by atoms with Crippen molar-refractivity contribution in [2.24, 2.45) is 0 Å². The van der Waals surface area contributed by atoms with Crippen molar-refractivity contribution in [3.63, 3.8) is 0 Å². The Morgan fingerprint density at radius 3 is 2.47 bits per heavy atom. The number of allylic oxidation sites excluding steroid dienone is 1. The van der Waals surface area contributed by atoms with Crippen LogP contribution in [0, 0.1) is 0 Å². The van der Waals surface area contributed by atoms with Gasteiger partial charge in [-0.3, -0.25) is 9.59 Å². The molecule has 0 aliphatic carbocycles. The zero-order valence-electron chi connectivity index (χ0n) is 17.9. The van der Waals surface area contributed by atoms with Crippen molar-refractivity contribution in [1.29, 1.82) is 0 Å². The van der Waals surface area contributed by atoms with E-state index < -0.39 is 5.97 Å². The predicted molar refractivity (Wildman–Crippen MR) is 127 cm³/mol. The van der Waals surface area contributed by atoms with Crippen LogP contribution in [0.1, 0.15) is 28.1 Å². The summed E-state index contributed by atoms with van der Waals surface area (Å²) >= 11 is 5.70. The number of aromatic nitrogens is 1. The van der Waals surface area contributed by atoms with Gasteiger partial charge in [0, 0.05) is 18.6 Å². The molecule has 34 heavy (non-hydrogen) atoms. The van der Waals surface area contributed by atoms with Gasteiger partial charge in [-0.2, -0.15) is 0 Å². The van der Waals surface area contributed by atoms with E-state index in [1.165, 1.54) is 6.07 Å². The van der Waals surface area contributed by atoms with Gasteiger partial charge < -0.3 is 14.0 Å². The van der Waals surface area contributed by atoms with E-state index in [-0.39, 0.29) is 23.1 Å². The summed E-state index contributed by atoms with van der Waals surface area (Å²) in [6.45, 7) is 0. The Morgan fingerprint density at radius 2 is 1.74 bits per heavy atom. The molecule has 2 heterocycles. The van der Waals surface area contributed by atoms with Gasteiger partial charge in [0.1, 0.15) is 17.3 Å². The normalized spacial score (nSPS) is 13.6. The highest BCUT2D eigenvalue weighted by atomic mass is 35.5. The van der Waals surface area contributed by atoms with E-state index >= 15 is 0 Å². The number of fused-ring (bicyclic) bond motifs is 1. The van der Waals surface area contributed by atoms with Gasteiger partial charge >= 0.3 is 5.97 Å². The maximum absolute atomic E-state index is 12.8. The van der Waals surface area contributed by atoms with Crippen LogP contribution < -0.4 is 9.47 Å². The number of hydrogen-bond donors (Lipinski definition) is 0. The van der Waals surface area contributed by atoms with Crippen molar-refractivity contribution in [2.75, 3.05) is 0 Å². The molecule has 1 aliphatic rings. The second-order valence-corrected chi connectivity index (χ2v) is 8.06. The maximum atomic E-state index is 12.8. The summed E-state index contributed by atoms with van der Waals surface area (Å²) in [7, 11) is 0. The van der Waals surface area contributed by atoms with Crippen molar-refractivity contribution in [1.82, 2.24) is 5.16 Å². The third kappa shape index (κ3) is 4.77. The number of hydrogen-bond acceptors (Lipinski definition) is 6. The lowest BCUT2D eigenvalue weighted by molar-refractivity contribution is -0.134. The summed E-state index contributed by atoms with van der Waals surface area (Å²) < 4.78 is 16.1. The standard InChI is InChI=1S/C27H18ClNO5/c28-25-16-21(34-29-25)11-13-26(30)32-20-10-12-22-23(15-20)33-24(27(22)31)14-17-6-8-19(9-7-17)18-4-2-1-3-5-18/h1-10,12,14-16H,11,13H2/b24-14-. The minimum absolute atomic E-state index is 0.0898. The highest BCUT2D eigenvalue weighted by Gasteiger charge is 2.28. The molecule has 0 saturated heterocycles. The second kappa shape index (κ2) is 9.37. The molecule has 1 aromatic heterocycles. The average Bonchev–Trinajstić information content (AvgIpc) is 3.41. The van der Waals surface area contributed by atoms with Crippen molar-refractivity contribution in [3.8, 4) is 22.6 Å². The molecule has 4 aromatic rings. The lowest BCUT2D eigenvalue weighted by Crippen LogP contribution is -2.08. The van der Waals surface area contributed by atoms with Crippen molar-refractivity contribution in [2.45, 2.75) is 12.8 Å². The molecule has 0 radical (unpaired) electrons. The summed E-state index contributed by atoms with van der Waals surface area (Å²) in [5, 5.41) is 3.80. The first-order chi connectivity index (χ1) is 16.5. The fourth-order valence-corrected chi connectivity index (χ4v) is 3.75. The van der Waals surface area contributed by atoms with Gasteiger partial charge in [0.05, 0.1) is 12.0 Å². The zero-order chi connectivity index (χ0) is 23.5. The molecule has 7 heteroatoms. The van der Waals surface area contributed by atoms with E-state index in [2.05, 4.69) is 5.16 Å². The first-order valence-electron chi connectivity index (χ1n) is 10.6. The van der Waals surface area contributed by atoms with E-state index in [4.69, 9.17) is 25.6 Å². The lowest BCUT2D eigenvalue weighted by atomic mass is 10.0. The van der Waals surface area contributed by atoms with Gasteiger partial charge in [-0.1, -0.05) is 71.4 Å². The third-order valence-corrected chi connectivity index (χ3v) is 5.47. The molecule has 0 fully saturated rings. The number of nitrogens with zero attached hydrogens (tertiary/aromatic N) is 1. The van der Waals surface area contributed by atoms with Crippen molar-refractivity contribution in [3.05, 3.63) is 107 Å². The SMILES string of the molecule is O=C(CCc1cc(Cl)no1)Oc1ccc2c(c1)O/C(=C\c1ccc(-c3ccccc3)cc1)C2=O. The van der Waals surface area contributed by atoms with Gasteiger partial charge in [-0.15, -0.1) is 0 Å². The Balaban J connectivity index is 1.25. The highest BCUT2D eigenvalue weighted by Crippen LogP contribution is 2.35. The van der Waals surface area contributed by atoms with Gasteiger partial charge in [0.15, 0.2) is 10.9 Å². The van der Waals surface area contributed by atoms with Crippen LogP contribution in [-0.2, 0) is 11.2 Å². The Bertz CT molecular complexity index is 1390. The van der Waals surface area contributed by atoms with Crippen molar-refractivity contribution >= 4 is 29.4 Å². The largest absolute Gasteiger partial charge is 0.452 e. The molecular weight excluding hydrogens is 454 g/mol. The fourth-order valence-electron chi connectivity index (χ4n) is 3.60. The van der Waals surface area contributed by atoms with Gasteiger partial charge in [-0.05, 0) is 34.9 Å². The molecule has 0 amide bonds. The fraction of sp³-hybridized carbons (Fsp3) is 0.0741. The smallest absolute Gasteiger partial charge is 0.311 e. The van der Waals surface area contributed by atoms with Crippen molar-refractivity contribution < 1.29 is 23.6 Å². The summed E-state index contributed by atoms with van der Waals surface area (Å²) in [5.74, 6) is 0.683. The maximum Gasteiger partial charge on any atom is 0.311 e. The van der Waals surface area contributed by atoms with E-state index in [9.17, 15) is 9.59 Å².